The molecule has 0 unspecified atom stereocenters. The molecule has 0 saturated carbocycles. The Balaban J connectivity index is 1.64. The summed E-state index contributed by atoms with van der Waals surface area (Å²) in [5.74, 6) is -0.330. The number of pyridine rings is 1. The van der Waals surface area contributed by atoms with Crippen molar-refractivity contribution in [3.05, 3.63) is 36.0 Å². The zero-order chi connectivity index (χ0) is 16.8. The number of ether oxygens (including phenoxy) is 1. The van der Waals surface area contributed by atoms with Gasteiger partial charge < -0.3 is 15.4 Å². The van der Waals surface area contributed by atoms with Crippen molar-refractivity contribution in [2.75, 3.05) is 51.2 Å². The number of fused-ring (bicyclic) bond motifs is 1. The maximum absolute atomic E-state index is 11.8. The molecule has 24 heavy (non-hydrogen) atoms. The normalized spacial score (nSPS) is 15.4. The van der Waals surface area contributed by atoms with Gasteiger partial charge in [-0.25, -0.2) is 4.79 Å². The average molecular weight is 328 g/mol. The average Bonchev–Trinajstić information content (AvgIpc) is 2.62. The molecular formula is C18H24N4O2. The smallest absolute Gasteiger partial charge is 0.339 e. The highest BCUT2D eigenvalue weighted by Crippen LogP contribution is 2.19. The number of hydrogen-bond acceptors (Lipinski definition) is 6. The van der Waals surface area contributed by atoms with E-state index in [0.717, 1.165) is 55.9 Å². The highest BCUT2D eigenvalue weighted by atomic mass is 16.5. The second kappa shape index (κ2) is 8.08. The first-order valence-corrected chi connectivity index (χ1v) is 8.50. The topological polar surface area (TPSA) is 66.5 Å². The van der Waals surface area contributed by atoms with Crippen molar-refractivity contribution in [3.63, 3.8) is 0 Å². The predicted octanol–water partition coefficient (Wildman–Crippen LogP) is 1.73. The van der Waals surface area contributed by atoms with Crippen molar-refractivity contribution in [3.8, 4) is 0 Å². The Morgan fingerprint density at radius 3 is 2.96 bits per heavy atom. The lowest BCUT2D eigenvalue weighted by Crippen LogP contribution is -2.45. The van der Waals surface area contributed by atoms with E-state index >= 15 is 0 Å². The van der Waals surface area contributed by atoms with Crippen molar-refractivity contribution in [2.45, 2.75) is 6.92 Å². The van der Waals surface area contributed by atoms with Gasteiger partial charge in [0, 0.05) is 56.5 Å². The Hall–Kier alpha value is -2.18. The molecule has 0 amide bonds. The van der Waals surface area contributed by atoms with Gasteiger partial charge in [-0.2, -0.15) is 0 Å². The van der Waals surface area contributed by atoms with Crippen molar-refractivity contribution in [1.82, 2.24) is 15.2 Å². The fourth-order valence-electron chi connectivity index (χ4n) is 2.86. The van der Waals surface area contributed by atoms with Gasteiger partial charge in [0.2, 0.25) is 0 Å². The maximum atomic E-state index is 11.8. The van der Waals surface area contributed by atoms with E-state index in [4.69, 9.17) is 4.74 Å². The third-order valence-electron chi connectivity index (χ3n) is 4.16. The second-order valence-corrected chi connectivity index (χ2v) is 5.87. The van der Waals surface area contributed by atoms with Crippen LogP contribution in [0.25, 0.3) is 10.9 Å². The van der Waals surface area contributed by atoms with E-state index in [0.29, 0.717) is 12.2 Å². The molecule has 0 spiro atoms. The highest BCUT2D eigenvalue weighted by Gasteiger charge is 2.10. The number of anilines is 1. The van der Waals surface area contributed by atoms with Crippen molar-refractivity contribution >= 4 is 22.6 Å². The van der Waals surface area contributed by atoms with Gasteiger partial charge in [-0.3, -0.25) is 9.88 Å². The standard InChI is InChI=1S/C18H24N4O2/c1-2-24-18(23)15-11-14-12-16(3-4-17(14)21-13-15)20-7-10-22-8-5-19-6-9-22/h3-4,11-13,19-20H,2,5-10H2,1H3. The molecule has 2 N–H and O–H groups in total. The zero-order valence-corrected chi connectivity index (χ0v) is 14.0. The van der Waals surface area contributed by atoms with Crippen LogP contribution in [-0.2, 0) is 4.74 Å². The molecule has 2 heterocycles. The third kappa shape index (κ3) is 4.21. The molecule has 6 heteroatoms. The number of carbonyl (C=O) groups is 1. The number of nitrogens with zero attached hydrogens (tertiary/aromatic N) is 2. The van der Waals surface area contributed by atoms with E-state index in [-0.39, 0.29) is 5.97 Å². The molecule has 128 valence electrons. The van der Waals surface area contributed by atoms with E-state index in [1.165, 1.54) is 0 Å². The number of piperazine rings is 1. The molecule has 1 aliphatic rings. The van der Waals surface area contributed by atoms with Gasteiger partial charge in [0.25, 0.3) is 0 Å². The Kier molecular flexibility index (Phi) is 5.61. The molecule has 1 aromatic carbocycles. The summed E-state index contributed by atoms with van der Waals surface area (Å²) in [5.41, 5.74) is 2.40. The fourth-order valence-corrected chi connectivity index (χ4v) is 2.86. The van der Waals surface area contributed by atoms with Crippen LogP contribution in [0.15, 0.2) is 30.5 Å². The SMILES string of the molecule is CCOC(=O)c1cnc2ccc(NCCN3CCNCC3)cc2c1. The van der Waals surface area contributed by atoms with E-state index in [1.807, 2.05) is 24.3 Å². The number of esters is 1. The molecule has 0 atom stereocenters. The van der Waals surface area contributed by atoms with Crippen LogP contribution in [-0.4, -0.2) is 61.7 Å². The quantitative estimate of drug-likeness (QED) is 0.787. The first kappa shape index (κ1) is 16.7. The molecule has 0 bridgehead atoms. The lowest BCUT2D eigenvalue weighted by Gasteiger charge is -2.27. The summed E-state index contributed by atoms with van der Waals surface area (Å²) in [6, 6.07) is 7.86. The molecule has 0 radical (unpaired) electrons. The lowest BCUT2D eigenvalue weighted by molar-refractivity contribution is 0.0526. The summed E-state index contributed by atoms with van der Waals surface area (Å²) in [4.78, 5) is 18.6. The largest absolute Gasteiger partial charge is 0.462 e. The van der Waals surface area contributed by atoms with Gasteiger partial charge in [-0.05, 0) is 31.2 Å². The van der Waals surface area contributed by atoms with Crippen LogP contribution in [0.2, 0.25) is 0 Å². The highest BCUT2D eigenvalue weighted by molar-refractivity contribution is 5.94. The number of benzene rings is 1. The fraction of sp³-hybridized carbons (Fsp3) is 0.444. The second-order valence-electron chi connectivity index (χ2n) is 5.87. The summed E-state index contributed by atoms with van der Waals surface area (Å²) in [6.45, 7) is 8.43. The summed E-state index contributed by atoms with van der Waals surface area (Å²) in [6.07, 6.45) is 1.57. The van der Waals surface area contributed by atoms with Gasteiger partial charge >= 0.3 is 5.97 Å². The Bertz CT molecular complexity index is 698. The number of rotatable bonds is 6. The summed E-state index contributed by atoms with van der Waals surface area (Å²) in [7, 11) is 0. The summed E-state index contributed by atoms with van der Waals surface area (Å²) >= 11 is 0. The van der Waals surface area contributed by atoms with Gasteiger partial charge in [-0.15, -0.1) is 0 Å². The van der Waals surface area contributed by atoms with E-state index in [2.05, 4.69) is 20.5 Å². The Morgan fingerprint density at radius 1 is 1.33 bits per heavy atom. The van der Waals surface area contributed by atoms with Crippen molar-refractivity contribution in [1.29, 1.82) is 0 Å². The lowest BCUT2D eigenvalue weighted by atomic mass is 10.1. The van der Waals surface area contributed by atoms with Crippen LogP contribution < -0.4 is 10.6 Å². The Morgan fingerprint density at radius 2 is 2.17 bits per heavy atom. The van der Waals surface area contributed by atoms with Gasteiger partial charge in [0.1, 0.15) is 0 Å². The molecule has 2 aromatic rings. The first-order valence-electron chi connectivity index (χ1n) is 8.50. The summed E-state index contributed by atoms with van der Waals surface area (Å²) < 4.78 is 5.03. The molecule has 6 nitrogen and oxygen atoms in total. The monoisotopic (exact) mass is 328 g/mol. The molecule has 0 aliphatic carbocycles. The van der Waals surface area contributed by atoms with Crippen LogP contribution in [0.5, 0.6) is 0 Å². The van der Waals surface area contributed by atoms with Crippen molar-refractivity contribution in [2.24, 2.45) is 0 Å². The third-order valence-corrected chi connectivity index (χ3v) is 4.16. The van der Waals surface area contributed by atoms with Crippen molar-refractivity contribution < 1.29 is 9.53 Å². The minimum atomic E-state index is -0.330. The van der Waals surface area contributed by atoms with Crippen LogP contribution in [0.3, 0.4) is 0 Å². The van der Waals surface area contributed by atoms with E-state index in [9.17, 15) is 4.79 Å². The number of aromatic nitrogens is 1. The van der Waals surface area contributed by atoms with Gasteiger partial charge in [0.15, 0.2) is 0 Å². The maximum Gasteiger partial charge on any atom is 0.339 e. The van der Waals surface area contributed by atoms with Crippen LogP contribution in [0.1, 0.15) is 17.3 Å². The molecular weight excluding hydrogens is 304 g/mol. The van der Waals surface area contributed by atoms with Crippen LogP contribution >= 0.6 is 0 Å². The molecule has 1 aliphatic heterocycles. The number of carbonyl (C=O) groups excluding carboxylic acids is 1. The van der Waals surface area contributed by atoms with E-state index < -0.39 is 0 Å². The molecule has 1 aromatic heterocycles. The van der Waals surface area contributed by atoms with Crippen LogP contribution in [0, 0.1) is 0 Å². The van der Waals surface area contributed by atoms with E-state index in [1.54, 1.807) is 13.1 Å². The minimum absolute atomic E-state index is 0.330. The molecule has 3 rings (SSSR count). The number of nitrogens with one attached hydrogen (secondary N) is 2. The zero-order valence-electron chi connectivity index (χ0n) is 14.0. The summed E-state index contributed by atoms with van der Waals surface area (Å²) in [5, 5.41) is 7.75. The predicted molar refractivity (Wildman–Crippen MR) is 95.5 cm³/mol. The molecule has 1 fully saturated rings. The Labute approximate surface area is 142 Å². The van der Waals surface area contributed by atoms with Gasteiger partial charge in [-0.1, -0.05) is 0 Å². The number of hydrogen-bond donors (Lipinski definition) is 2. The minimum Gasteiger partial charge on any atom is -0.462 e. The molecule has 1 saturated heterocycles. The van der Waals surface area contributed by atoms with Crippen LogP contribution in [0.4, 0.5) is 5.69 Å². The first-order chi connectivity index (χ1) is 11.8. The van der Waals surface area contributed by atoms with Gasteiger partial charge in [0.05, 0.1) is 17.7 Å².